The van der Waals surface area contributed by atoms with Gasteiger partial charge >= 0.3 is 11.9 Å². The number of hydrogen-bond donors (Lipinski definition) is 1. The number of aldehydes is 1. The molecule has 204 valence electrons. The van der Waals surface area contributed by atoms with Gasteiger partial charge in [-0.2, -0.15) is 0 Å². The maximum atomic E-state index is 12.3. The highest BCUT2D eigenvalue weighted by Gasteiger charge is 2.24. The number of cyclic esters (lactones) is 1. The van der Waals surface area contributed by atoms with Crippen LogP contribution >= 0.6 is 11.3 Å². The van der Waals surface area contributed by atoms with Gasteiger partial charge in [0.1, 0.15) is 11.2 Å². The van der Waals surface area contributed by atoms with E-state index in [9.17, 15) is 14.4 Å². The average molecular weight is 549 g/mol. The second-order valence-electron chi connectivity index (χ2n) is 8.27. The number of carbonyl (C=O) groups is 3. The molecule has 1 aliphatic carbocycles. The second-order valence-corrected chi connectivity index (χ2v) is 9.22. The third-order valence-corrected chi connectivity index (χ3v) is 6.65. The molecule has 1 aliphatic heterocycles. The summed E-state index contributed by atoms with van der Waals surface area (Å²) in [6.07, 6.45) is 6.20. The zero-order valence-electron chi connectivity index (χ0n) is 22.4. The number of benzene rings is 2. The summed E-state index contributed by atoms with van der Waals surface area (Å²) in [5.41, 5.74) is 2.45. The Morgan fingerprint density at radius 3 is 2.38 bits per heavy atom. The highest BCUT2D eigenvalue weighted by Crippen LogP contribution is 2.31. The van der Waals surface area contributed by atoms with Crippen molar-refractivity contribution in [2.24, 2.45) is 10.9 Å². The zero-order valence-corrected chi connectivity index (χ0v) is 23.2. The highest BCUT2D eigenvalue weighted by atomic mass is 32.1. The Bertz CT molecular complexity index is 1330. The molecular weight excluding hydrogens is 516 g/mol. The van der Waals surface area contributed by atoms with Crippen LogP contribution in [0.25, 0.3) is 6.08 Å². The Balaban J connectivity index is 0.000000457. The molecule has 0 radical (unpaired) electrons. The van der Waals surface area contributed by atoms with E-state index in [-0.39, 0.29) is 17.3 Å². The van der Waals surface area contributed by atoms with E-state index in [0.29, 0.717) is 27.7 Å². The standard InChI is InChI=1S/C23H18N2O5S.C5H8O.C2H6/c1-24-16-8-6-15(7-9-16)21-25-17(22(26)30-21)12-14-5-10-18(19(13-14)28-2)29-23(27)20-4-3-11-31-20;6-4-5-2-1-3-5;1-2/h3-13,24H,1-2H3;4-5H,1-3H2;1-2H3/b17-12+;;. The van der Waals surface area contributed by atoms with E-state index in [1.807, 2.05) is 45.2 Å². The van der Waals surface area contributed by atoms with E-state index in [4.69, 9.17) is 14.2 Å². The van der Waals surface area contributed by atoms with E-state index in [2.05, 4.69) is 10.3 Å². The normalized spacial score (nSPS) is 14.9. The Morgan fingerprint density at radius 1 is 1.10 bits per heavy atom. The summed E-state index contributed by atoms with van der Waals surface area (Å²) in [4.78, 5) is 39.1. The molecule has 1 saturated carbocycles. The number of rotatable bonds is 7. The Kier molecular flexibility index (Phi) is 11.0. The molecule has 3 aromatic rings. The van der Waals surface area contributed by atoms with Crippen LogP contribution in [-0.4, -0.2) is 38.3 Å². The molecule has 2 aromatic carbocycles. The smallest absolute Gasteiger partial charge is 0.363 e. The molecule has 0 saturated heterocycles. The molecular formula is C30H32N2O6S. The molecule has 0 bridgehead atoms. The minimum atomic E-state index is -0.542. The first-order valence-corrected chi connectivity index (χ1v) is 13.6. The van der Waals surface area contributed by atoms with Crippen molar-refractivity contribution in [1.82, 2.24) is 0 Å². The summed E-state index contributed by atoms with van der Waals surface area (Å²) in [5.74, 6) is 0.317. The SMILES string of the molecule is CC.CNc1ccc(C2=N/C(=C/c3ccc(OC(=O)c4cccs4)c(OC)c3)C(=O)O2)cc1.O=CC1CCC1. The minimum Gasteiger partial charge on any atom is -0.493 e. The number of nitrogens with zero attached hydrogens (tertiary/aromatic N) is 1. The quantitative estimate of drug-likeness (QED) is 0.158. The van der Waals surface area contributed by atoms with Crippen molar-refractivity contribution >= 4 is 47.2 Å². The predicted molar refractivity (Wildman–Crippen MR) is 154 cm³/mol. The molecule has 9 heteroatoms. The van der Waals surface area contributed by atoms with Gasteiger partial charge in [-0.3, -0.25) is 0 Å². The zero-order chi connectivity index (χ0) is 28.2. The fraction of sp³-hybridized carbons (Fsp3) is 0.267. The van der Waals surface area contributed by atoms with Gasteiger partial charge in [0, 0.05) is 24.2 Å². The van der Waals surface area contributed by atoms with Gasteiger partial charge in [0.25, 0.3) is 0 Å². The lowest BCUT2D eigenvalue weighted by atomic mass is 9.87. The topological polar surface area (TPSA) is 103 Å². The van der Waals surface area contributed by atoms with Crippen molar-refractivity contribution in [3.8, 4) is 11.5 Å². The van der Waals surface area contributed by atoms with Gasteiger partial charge in [-0.25, -0.2) is 14.6 Å². The van der Waals surface area contributed by atoms with Crippen LogP contribution in [0, 0.1) is 5.92 Å². The number of aliphatic imine (C=N–C) groups is 1. The summed E-state index contributed by atoms with van der Waals surface area (Å²) in [5, 5.41) is 4.83. The van der Waals surface area contributed by atoms with E-state index < -0.39 is 11.9 Å². The van der Waals surface area contributed by atoms with Crippen molar-refractivity contribution in [3.63, 3.8) is 0 Å². The second kappa shape index (κ2) is 14.6. The van der Waals surface area contributed by atoms with Gasteiger partial charge in [-0.15, -0.1) is 11.3 Å². The van der Waals surface area contributed by atoms with Crippen LogP contribution in [-0.2, 0) is 14.3 Å². The first kappa shape index (κ1) is 29.3. The monoisotopic (exact) mass is 548 g/mol. The summed E-state index contributed by atoms with van der Waals surface area (Å²) < 4.78 is 16.1. The van der Waals surface area contributed by atoms with Crippen LogP contribution in [0.1, 0.15) is 53.9 Å². The van der Waals surface area contributed by atoms with Gasteiger partial charge < -0.3 is 24.3 Å². The van der Waals surface area contributed by atoms with E-state index >= 15 is 0 Å². The van der Waals surface area contributed by atoms with Gasteiger partial charge in [0.05, 0.1) is 7.11 Å². The van der Waals surface area contributed by atoms with Crippen LogP contribution in [0.2, 0.25) is 0 Å². The van der Waals surface area contributed by atoms with Gasteiger partial charge in [0.15, 0.2) is 17.2 Å². The summed E-state index contributed by atoms with van der Waals surface area (Å²) in [7, 11) is 3.30. The number of anilines is 1. The van der Waals surface area contributed by atoms with E-state index in [1.165, 1.54) is 24.9 Å². The minimum absolute atomic E-state index is 0.165. The molecule has 39 heavy (non-hydrogen) atoms. The van der Waals surface area contributed by atoms with Crippen LogP contribution < -0.4 is 14.8 Å². The fourth-order valence-electron chi connectivity index (χ4n) is 3.45. The van der Waals surface area contributed by atoms with Gasteiger partial charge in [0.2, 0.25) is 5.90 Å². The fourth-order valence-corrected chi connectivity index (χ4v) is 4.05. The first-order valence-electron chi connectivity index (χ1n) is 12.7. The molecule has 1 aromatic heterocycles. The van der Waals surface area contributed by atoms with E-state index in [1.54, 1.807) is 41.8 Å². The number of esters is 2. The van der Waals surface area contributed by atoms with Gasteiger partial charge in [-0.05, 0) is 72.3 Å². The van der Waals surface area contributed by atoms with E-state index in [0.717, 1.165) is 24.8 Å². The molecule has 2 aliphatic rings. The molecule has 8 nitrogen and oxygen atoms in total. The lowest BCUT2D eigenvalue weighted by molar-refractivity contribution is -0.129. The molecule has 1 N–H and O–H groups in total. The molecule has 0 atom stereocenters. The molecule has 0 amide bonds. The molecule has 1 fully saturated rings. The maximum Gasteiger partial charge on any atom is 0.363 e. The first-order chi connectivity index (χ1) is 19.0. The van der Waals surface area contributed by atoms with Crippen LogP contribution in [0.3, 0.4) is 0 Å². The molecule has 0 spiro atoms. The van der Waals surface area contributed by atoms with Crippen molar-refractivity contribution in [1.29, 1.82) is 0 Å². The maximum absolute atomic E-state index is 12.3. The van der Waals surface area contributed by atoms with Gasteiger partial charge in [-0.1, -0.05) is 32.4 Å². The Morgan fingerprint density at radius 2 is 1.85 bits per heavy atom. The lowest BCUT2D eigenvalue weighted by Gasteiger charge is -2.17. The van der Waals surface area contributed by atoms with Crippen LogP contribution in [0.5, 0.6) is 11.5 Å². The summed E-state index contributed by atoms with van der Waals surface area (Å²) >= 11 is 1.29. The van der Waals surface area contributed by atoms with Crippen LogP contribution in [0.15, 0.2) is 70.7 Å². The van der Waals surface area contributed by atoms with Crippen molar-refractivity contribution in [3.05, 3.63) is 81.7 Å². The summed E-state index contributed by atoms with van der Waals surface area (Å²) in [6, 6.07) is 15.8. The lowest BCUT2D eigenvalue weighted by Crippen LogP contribution is -2.10. The van der Waals surface area contributed by atoms with Crippen molar-refractivity contribution in [2.45, 2.75) is 33.1 Å². The number of thiophene rings is 1. The number of hydrogen-bond acceptors (Lipinski definition) is 9. The van der Waals surface area contributed by atoms with Crippen LogP contribution in [0.4, 0.5) is 5.69 Å². The summed E-state index contributed by atoms with van der Waals surface area (Å²) in [6.45, 7) is 4.00. The average Bonchev–Trinajstić information content (AvgIpc) is 3.61. The number of nitrogens with one attached hydrogen (secondary N) is 1. The predicted octanol–water partition coefficient (Wildman–Crippen LogP) is 6.37. The molecule has 2 heterocycles. The number of ether oxygens (including phenoxy) is 3. The number of carbonyl (C=O) groups excluding carboxylic acids is 3. The molecule has 5 rings (SSSR count). The Labute approximate surface area is 232 Å². The third-order valence-electron chi connectivity index (χ3n) is 5.80. The van der Waals surface area contributed by atoms with Crippen molar-refractivity contribution < 1.29 is 28.6 Å². The third kappa shape index (κ3) is 7.87. The van der Waals surface area contributed by atoms with Crippen molar-refractivity contribution in [2.75, 3.05) is 19.5 Å². The largest absolute Gasteiger partial charge is 0.493 e. The Hall–Kier alpha value is -4.24. The number of methoxy groups -OCH3 is 1. The molecule has 0 unspecified atom stereocenters. The highest BCUT2D eigenvalue weighted by molar-refractivity contribution is 7.12.